The van der Waals surface area contributed by atoms with Crippen LogP contribution in [-0.4, -0.2) is 30.4 Å². The van der Waals surface area contributed by atoms with Gasteiger partial charge in [0.25, 0.3) is 0 Å². The molecule has 0 aromatic heterocycles. The first-order valence-corrected chi connectivity index (χ1v) is 5.08. The fraction of sp³-hybridized carbons (Fsp3) is 0.778. The van der Waals surface area contributed by atoms with Crippen LogP contribution in [-0.2, 0) is 14.3 Å². The molecule has 0 spiro atoms. The molecule has 4 nitrogen and oxygen atoms in total. The van der Waals surface area contributed by atoms with Crippen LogP contribution in [0.1, 0.15) is 20.8 Å². The van der Waals surface area contributed by atoms with Crippen molar-refractivity contribution in [1.29, 1.82) is 0 Å². The van der Waals surface area contributed by atoms with E-state index >= 15 is 0 Å². The van der Waals surface area contributed by atoms with Gasteiger partial charge in [0.1, 0.15) is 11.9 Å². The lowest BCUT2D eigenvalue weighted by molar-refractivity contribution is -0.148. The zero-order valence-electron chi connectivity index (χ0n) is 8.67. The van der Waals surface area contributed by atoms with Gasteiger partial charge in [-0.3, -0.25) is 4.79 Å². The molecule has 1 amide bonds. The van der Waals surface area contributed by atoms with Crippen LogP contribution in [0.25, 0.3) is 0 Å². The molecule has 0 fully saturated rings. The summed E-state index contributed by atoms with van der Waals surface area (Å²) in [5.41, 5.74) is 0. The summed E-state index contributed by atoms with van der Waals surface area (Å²) in [7, 11) is 0. The van der Waals surface area contributed by atoms with Gasteiger partial charge in [0.05, 0.1) is 6.61 Å². The molecular weight excluding hydrogens is 206 g/mol. The summed E-state index contributed by atoms with van der Waals surface area (Å²) in [6, 6.07) is -0.610. The number of halogens is 1. The van der Waals surface area contributed by atoms with E-state index in [4.69, 9.17) is 16.3 Å². The molecule has 82 valence electrons. The van der Waals surface area contributed by atoms with E-state index in [0.29, 0.717) is 6.61 Å². The quantitative estimate of drug-likeness (QED) is 0.555. The predicted molar refractivity (Wildman–Crippen MR) is 54.1 cm³/mol. The molecule has 0 radical (unpaired) electrons. The molecule has 1 atom stereocenters. The second-order valence-corrected chi connectivity index (χ2v) is 3.44. The minimum Gasteiger partial charge on any atom is -0.464 e. The first-order chi connectivity index (χ1) is 6.52. The summed E-state index contributed by atoms with van der Waals surface area (Å²) < 4.78 is 4.81. The van der Waals surface area contributed by atoms with Gasteiger partial charge in [-0.15, -0.1) is 11.6 Å². The Morgan fingerprint density at radius 3 is 2.36 bits per heavy atom. The third kappa shape index (κ3) is 4.46. The van der Waals surface area contributed by atoms with Crippen LogP contribution < -0.4 is 5.32 Å². The number of esters is 1. The Labute approximate surface area is 88.9 Å². The maximum absolute atomic E-state index is 11.4. The Balaban J connectivity index is 4.29. The normalized spacial score (nSPS) is 12.4. The van der Waals surface area contributed by atoms with Crippen LogP contribution >= 0.6 is 11.6 Å². The van der Waals surface area contributed by atoms with E-state index in [1.54, 1.807) is 6.92 Å². The molecular formula is C9H16ClNO3. The average molecular weight is 222 g/mol. The van der Waals surface area contributed by atoms with Crippen molar-refractivity contribution in [3.8, 4) is 0 Å². The van der Waals surface area contributed by atoms with Crippen molar-refractivity contribution in [3.05, 3.63) is 0 Å². The number of hydrogen-bond acceptors (Lipinski definition) is 3. The fourth-order valence-electron chi connectivity index (χ4n) is 0.942. The van der Waals surface area contributed by atoms with E-state index < -0.39 is 12.0 Å². The van der Waals surface area contributed by atoms with Gasteiger partial charge < -0.3 is 10.1 Å². The molecule has 0 aromatic carbocycles. The van der Waals surface area contributed by atoms with Crippen molar-refractivity contribution in [1.82, 2.24) is 5.32 Å². The maximum Gasteiger partial charge on any atom is 0.328 e. The van der Waals surface area contributed by atoms with Crippen LogP contribution in [0.4, 0.5) is 0 Å². The van der Waals surface area contributed by atoms with Gasteiger partial charge in [0.2, 0.25) is 5.91 Å². The largest absolute Gasteiger partial charge is 0.464 e. The zero-order valence-corrected chi connectivity index (χ0v) is 9.43. The van der Waals surface area contributed by atoms with Gasteiger partial charge in [0.15, 0.2) is 0 Å². The molecule has 1 unspecified atom stereocenters. The van der Waals surface area contributed by atoms with Crippen molar-refractivity contribution >= 4 is 23.5 Å². The molecule has 0 saturated heterocycles. The third-order valence-corrected chi connectivity index (χ3v) is 1.89. The van der Waals surface area contributed by atoms with Crippen LogP contribution in [0.3, 0.4) is 0 Å². The zero-order chi connectivity index (χ0) is 11.1. The van der Waals surface area contributed by atoms with Crippen LogP contribution in [0.15, 0.2) is 0 Å². The molecule has 0 heterocycles. The van der Waals surface area contributed by atoms with Crippen LogP contribution in [0, 0.1) is 5.92 Å². The Bertz CT molecular complexity index is 206. The van der Waals surface area contributed by atoms with Gasteiger partial charge in [-0.05, 0) is 12.8 Å². The number of ether oxygens (including phenoxy) is 1. The van der Waals surface area contributed by atoms with Crippen LogP contribution in [0.5, 0.6) is 0 Å². The van der Waals surface area contributed by atoms with E-state index in [1.807, 2.05) is 13.8 Å². The lowest BCUT2D eigenvalue weighted by atomic mass is 10.0. The number of hydrogen-bond donors (Lipinski definition) is 1. The molecule has 0 aromatic rings. The maximum atomic E-state index is 11.4. The summed E-state index contributed by atoms with van der Waals surface area (Å²) in [5.74, 6) is -0.941. The van der Waals surface area contributed by atoms with E-state index in [-0.39, 0.29) is 17.7 Å². The fourth-order valence-corrected chi connectivity index (χ4v) is 1.02. The van der Waals surface area contributed by atoms with Crippen molar-refractivity contribution in [3.63, 3.8) is 0 Å². The monoisotopic (exact) mass is 221 g/mol. The number of rotatable bonds is 5. The van der Waals surface area contributed by atoms with E-state index in [9.17, 15) is 9.59 Å². The lowest BCUT2D eigenvalue weighted by Gasteiger charge is -2.19. The van der Waals surface area contributed by atoms with E-state index in [1.165, 1.54) is 0 Å². The predicted octanol–water partition coefficient (Wildman–Crippen LogP) is 0.929. The minimum atomic E-state index is -0.610. The van der Waals surface area contributed by atoms with Crippen molar-refractivity contribution < 1.29 is 14.3 Å². The minimum absolute atomic E-state index is 0.0128. The van der Waals surface area contributed by atoms with Crippen molar-refractivity contribution in [2.24, 2.45) is 5.92 Å². The number of amides is 1. The first-order valence-electron chi connectivity index (χ1n) is 4.54. The summed E-state index contributed by atoms with van der Waals surface area (Å²) in [6.45, 7) is 5.68. The Morgan fingerprint density at radius 1 is 1.43 bits per heavy atom. The highest BCUT2D eigenvalue weighted by Crippen LogP contribution is 2.04. The molecule has 0 aliphatic heterocycles. The Hall–Kier alpha value is -0.770. The van der Waals surface area contributed by atoms with E-state index in [0.717, 1.165) is 0 Å². The summed E-state index contributed by atoms with van der Waals surface area (Å²) in [6.07, 6.45) is 0. The van der Waals surface area contributed by atoms with Gasteiger partial charge in [0, 0.05) is 0 Å². The number of carbonyl (C=O) groups is 2. The van der Waals surface area contributed by atoms with Gasteiger partial charge >= 0.3 is 5.97 Å². The molecule has 5 heteroatoms. The number of alkyl halides is 1. The molecule has 0 aliphatic rings. The van der Waals surface area contributed by atoms with Crippen molar-refractivity contribution in [2.45, 2.75) is 26.8 Å². The third-order valence-electron chi connectivity index (χ3n) is 1.65. The molecule has 1 N–H and O–H groups in total. The lowest BCUT2D eigenvalue weighted by Crippen LogP contribution is -2.45. The smallest absolute Gasteiger partial charge is 0.328 e. The second-order valence-electron chi connectivity index (χ2n) is 3.17. The summed E-state index contributed by atoms with van der Waals surface area (Å²) >= 11 is 5.32. The highest BCUT2D eigenvalue weighted by molar-refractivity contribution is 6.27. The summed E-state index contributed by atoms with van der Waals surface area (Å²) in [4.78, 5) is 22.3. The molecule has 0 bridgehead atoms. The molecule has 14 heavy (non-hydrogen) atoms. The standard InChI is InChI=1S/C9H16ClNO3/c1-4-14-9(13)8(6(2)3)11-7(12)5-10/h6,8H,4-5H2,1-3H3,(H,11,12). The van der Waals surface area contributed by atoms with Gasteiger partial charge in [-0.1, -0.05) is 13.8 Å². The first kappa shape index (κ1) is 13.2. The number of carbonyl (C=O) groups excluding carboxylic acids is 2. The number of nitrogens with one attached hydrogen (secondary N) is 1. The Kier molecular flexibility index (Phi) is 6.28. The van der Waals surface area contributed by atoms with Gasteiger partial charge in [-0.2, -0.15) is 0 Å². The van der Waals surface area contributed by atoms with E-state index in [2.05, 4.69) is 5.32 Å². The summed E-state index contributed by atoms with van der Waals surface area (Å²) in [5, 5.41) is 2.51. The molecule has 0 rings (SSSR count). The molecule has 0 saturated carbocycles. The topological polar surface area (TPSA) is 55.4 Å². The van der Waals surface area contributed by atoms with Gasteiger partial charge in [-0.25, -0.2) is 4.79 Å². The highest BCUT2D eigenvalue weighted by atomic mass is 35.5. The highest BCUT2D eigenvalue weighted by Gasteiger charge is 2.24. The average Bonchev–Trinajstić information content (AvgIpc) is 2.13. The SMILES string of the molecule is CCOC(=O)C(NC(=O)CCl)C(C)C. The second kappa shape index (κ2) is 6.65. The Morgan fingerprint density at radius 2 is 2.00 bits per heavy atom. The van der Waals surface area contributed by atoms with Crippen LogP contribution in [0.2, 0.25) is 0 Å². The molecule has 0 aliphatic carbocycles. The van der Waals surface area contributed by atoms with Crippen molar-refractivity contribution in [2.75, 3.05) is 12.5 Å².